The number of H-pyrrole nitrogens is 1. The van der Waals surface area contributed by atoms with Crippen LogP contribution in [0.4, 0.5) is 0 Å². The first-order chi connectivity index (χ1) is 16.5. The average molecular weight is 488 g/mol. The molecule has 0 aliphatic carbocycles. The Hall–Kier alpha value is -2.83. The molecule has 4 heterocycles. The smallest absolute Gasteiger partial charge is 0.338 e. The van der Waals surface area contributed by atoms with E-state index in [2.05, 4.69) is 4.98 Å². The highest BCUT2D eigenvalue weighted by molar-refractivity contribution is 5.89. The summed E-state index contributed by atoms with van der Waals surface area (Å²) in [5.74, 6) is -2.58. The van der Waals surface area contributed by atoms with E-state index in [0.29, 0.717) is 5.56 Å². The molecule has 188 valence electrons. The molecule has 1 N–H and O–H groups in total. The van der Waals surface area contributed by atoms with E-state index in [1.54, 1.807) is 58.0 Å². The molecule has 2 aromatic rings. The molecule has 3 fully saturated rings. The van der Waals surface area contributed by atoms with Crippen molar-refractivity contribution in [2.75, 3.05) is 6.61 Å². The summed E-state index contributed by atoms with van der Waals surface area (Å²) >= 11 is 0. The SMILES string of the molecule is CC1(C)OCC2O[C@@H](n3ccc(=O)[nH]c3=O)C(OC(=O)c3ccccc3)C3OC(C)(C)O[C@H]3[C@@H]2O1. The fourth-order valence-electron chi connectivity index (χ4n) is 4.70. The zero-order valence-electron chi connectivity index (χ0n) is 19.8. The van der Waals surface area contributed by atoms with Gasteiger partial charge in [0, 0.05) is 12.3 Å². The van der Waals surface area contributed by atoms with Gasteiger partial charge in [-0.3, -0.25) is 14.3 Å². The van der Waals surface area contributed by atoms with Gasteiger partial charge in [-0.2, -0.15) is 0 Å². The molecular formula is C24H28N2O9. The van der Waals surface area contributed by atoms with Gasteiger partial charge in [-0.15, -0.1) is 0 Å². The maximum atomic E-state index is 13.1. The Morgan fingerprint density at radius 3 is 2.37 bits per heavy atom. The van der Waals surface area contributed by atoms with Crippen LogP contribution in [0.2, 0.25) is 0 Å². The number of aromatic nitrogens is 2. The summed E-state index contributed by atoms with van der Waals surface area (Å²) in [6.07, 6.45) is -3.89. The van der Waals surface area contributed by atoms with Crippen LogP contribution in [0.15, 0.2) is 52.2 Å². The summed E-state index contributed by atoms with van der Waals surface area (Å²) in [6, 6.07) is 9.64. The number of ether oxygens (including phenoxy) is 6. The van der Waals surface area contributed by atoms with Gasteiger partial charge in [0.05, 0.1) is 12.2 Å². The van der Waals surface area contributed by atoms with E-state index in [-0.39, 0.29) is 6.61 Å². The summed E-state index contributed by atoms with van der Waals surface area (Å²) in [5, 5.41) is 0. The Balaban J connectivity index is 1.61. The number of carbonyl (C=O) groups is 1. The third kappa shape index (κ3) is 4.69. The van der Waals surface area contributed by atoms with Gasteiger partial charge in [0.25, 0.3) is 5.56 Å². The number of rotatable bonds is 3. The zero-order chi connectivity index (χ0) is 25.0. The molecule has 0 radical (unpaired) electrons. The normalized spacial score (nSPS) is 33.3. The van der Waals surface area contributed by atoms with Crippen LogP contribution in [0.5, 0.6) is 0 Å². The number of nitrogens with one attached hydrogen (secondary N) is 1. The van der Waals surface area contributed by atoms with Gasteiger partial charge in [0.1, 0.15) is 24.4 Å². The highest BCUT2D eigenvalue weighted by Gasteiger charge is 2.60. The maximum Gasteiger partial charge on any atom is 0.338 e. The molecule has 0 saturated carbocycles. The monoisotopic (exact) mass is 488 g/mol. The minimum Gasteiger partial charge on any atom is -0.451 e. The van der Waals surface area contributed by atoms with Crippen molar-refractivity contribution in [3.8, 4) is 0 Å². The third-order valence-electron chi connectivity index (χ3n) is 6.17. The first kappa shape index (κ1) is 23.9. The fourth-order valence-corrected chi connectivity index (χ4v) is 4.70. The lowest BCUT2D eigenvalue weighted by Gasteiger charge is -2.42. The van der Waals surface area contributed by atoms with Crippen LogP contribution >= 0.6 is 0 Å². The quantitative estimate of drug-likeness (QED) is 0.637. The van der Waals surface area contributed by atoms with Gasteiger partial charge in [0.15, 0.2) is 23.9 Å². The maximum absolute atomic E-state index is 13.1. The van der Waals surface area contributed by atoms with Crippen molar-refractivity contribution in [3.05, 3.63) is 69.0 Å². The molecule has 11 nitrogen and oxygen atoms in total. The molecule has 0 amide bonds. The summed E-state index contributed by atoms with van der Waals surface area (Å²) in [5.41, 5.74) is -0.979. The minimum absolute atomic E-state index is 0.138. The third-order valence-corrected chi connectivity index (χ3v) is 6.17. The number of hydrogen-bond acceptors (Lipinski definition) is 9. The Bertz CT molecular complexity index is 1210. The number of carbonyl (C=O) groups excluding carboxylic acids is 1. The van der Waals surface area contributed by atoms with Crippen molar-refractivity contribution >= 4 is 5.97 Å². The second-order valence-electron chi connectivity index (χ2n) is 9.68. The van der Waals surface area contributed by atoms with E-state index in [4.69, 9.17) is 28.4 Å². The number of hydrogen-bond donors (Lipinski definition) is 1. The van der Waals surface area contributed by atoms with E-state index in [1.807, 2.05) is 0 Å². The minimum atomic E-state index is -1.17. The number of aromatic amines is 1. The predicted octanol–water partition coefficient (Wildman–Crippen LogP) is 1.33. The second kappa shape index (κ2) is 8.68. The molecule has 1 aromatic carbocycles. The molecular weight excluding hydrogens is 460 g/mol. The standard InChI is InChI=1S/C24H28N2O9/c1-23(2)30-12-14-16(33-23)17-18(35-24(3,4)34-17)19(32-21(28)13-8-6-5-7-9-13)20(31-14)26-11-10-15(27)25-22(26)29/h5-11,14,16-20H,12H2,1-4H3,(H,25,27,29)/t14?,16-,17+,18?,19?,20-/m1/s1. The molecule has 3 unspecified atom stereocenters. The van der Waals surface area contributed by atoms with E-state index in [1.165, 1.54) is 12.3 Å². The summed E-state index contributed by atoms with van der Waals surface area (Å²) in [7, 11) is 0. The van der Waals surface area contributed by atoms with Gasteiger partial charge >= 0.3 is 11.7 Å². The summed E-state index contributed by atoms with van der Waals surface area (Å²) < 4.78 is 37.9. The van der Waals surface area contributed by atoms with Gasteiger partial charge in [-0.25, -0.2) is 9.59 Å². The molecule has 0 spiro atoms. The topological polar surface area (TPSA) is 127 Å². The van der Waals surface area contributed by atoms with Crippen molar-refractivity contribution in [2.45, 2.75) is 76.0 Å². The Kier molecular flexibility index (Phi) is 5.93. The van der Waals surface area contributed by atoms with Gasteiger partial charge in [-0.1, -0.05) is 18.2 Å². The van der Waals surface area contributed by atoms with Crippen LogP contribution in [0.25, 0.3) is 0 Å². The molecule has 3 saturated heterocycles. The van der Waals surface area contributed by atoms with Crippen molar-refractivity contribution in [1.29, 1.82) is 0 Å². The Labute approximate surface area is 200 Å². The van der Waals surface area contributed by atoms with Crippen molar-refractivity contribution in [3.63, 3.8) is 0 Å². The first-order valence-corrected chi connectivity index (χ1v) is 11.4. The van der Waals surface area contributed by atoms with Crippen molar-refractivity contribution < 1.29 is 33.2 Å². The molecule has 0 bridgehead atoms. The molecule has 1 aromatic heterocycles. The van der Waals surface area contributed by atoms with Gasteiger partial charge in [-0.05, 0) is 39.8 Å². The first-order valence-electron chi connectivity index (χ1n) is 11.4. The molecule has 3 aliphatic rings. The van der Waals surface area contributed by atoms with E-state index >= 15 is 0 Å². The number of benzene rings is 1. The Morgan fingerprint density at radius 1 is 0.971 bits per heavy atom. The van der Waals surface area contributed by atoms with Crippen molar-refractivity contribution in [2.24, 2.45) is 0 Å². The van der Waals surface area contributed by atoms with E-state index < -0.39 is 65.5 Å². The van der Waals surface area contributed by atoms with Crippen LogP contribution in [0, 0.1) is 0 Å². The number of fused-ring (bicyclic) bond motifs is 3. The highest BCUT2D eigenvalue weighted by Crippen LogP contribution is 2.43. The molecule has 3 aliphatic heterocycles. The fraction of sp³-hybridized carbons (Fsp3) is 0.542. The average Bonchev–Trinajstić information content (AvgIpc) is 3.07. The molecule has 5 rings (SSSR count). The van der Waals surface area contributed by atoms with Crippen LogP contribution in [0.3, 0.4) is 0 Å². The van der Waals surface area contributed by atoms with Crippen molar-refractivity contribution in [1.82, 2.24) is 9.55 Å². The lowest BCUT2D eigenvalue weighted by atomic mass is 9.99. The van der Waals surface area contributed by atoms with Gasteiger partial charge < -0.3 is 28.4 Å². The summed E-state index contributed by atoms with van der Waals surface area (Å²) in [4.78, 5) is 39.9. The lowest BCUT2D eigenvalue weighted by Crippen LogP contribution is -2.55. The van der Waals surface area contributed by atoms with Crippen LogP contribution < -0.4 is 11.2 Å². The predicted molar refractivity (Wildman–Crippen MR) is 120 cm³/mol. The van der Waals surface area contributed by atoms with E-state index in [9.17, 15) is 14.4 Å². The molecule has 6 atom stereocenters. The van der Waals surface area contributed by atoms with Crippen LogP contribution in [-0.4, -0.2) is 64.2 Å². The Morgan fingerprint density at radius 2 is 1.66 bits per heavy atom. The van der Waals surface area contributed by atoms with E-state index in [0.717, 1.165) is 4.57 Å². The van der Waals surface area contributed by atoms with Crippen LogP contribution in [-0.2, 0) is 28.4 Å². The lowest BCUT2D eigenvalue weighted by molar-refractivity contribution is -0.332. The highest BCUT2D eigenvalue weighted by atomic mass is 16.8. The van der Waals surface area contributed by atoms with Crippen LogP contribution in [0.1, 0.15) is 44.3 Å². The summed E-state index contributed by atoms with van der Waals surface area (Å²) in [6.45, 7) is 7.19. The zero-order valence-corrected chi connectivity index (χ0v) is 19.8. The van der Waals surface area contributed by atoms with Gasteiger partial charge in [0.2, 0.25) is 0 Å². The largest absolute Gasteiger partial charge is 0.451 e. The molecule has 35 heavy (non-hydrogen) atoms. The molecule has 11 heteroatoms. The number of nitrogens with zero attached hydrogens (tertiary/aromatic N) is 1. The second-order valence-corrected chi connectivity index (χ2v) is 9.68. The number of esters is 1.